The summed E-state index contributed by atoms with van der Waals surface area (Å²) in [6, 6.07) is 6.10. The molecule has 1 atom stereocenters. The summed E-state index contributed by atoms with van der Waals surface area (Å²) in [5.74, 6) is 0.0228. The van der Waals surface area contributed by atoms with Crippen LogP contribution in [0.25, 0.3) is 0 Å². The molecule has 5 nitrogen and oxygen atoms in total. The summed E-state index contributed by atoms with van der Waals surface area (Å²) in [6.45, 7) is 4.00. The van der Waals surface area contributed by atoms with E-state index >= 15 is 0 Å². The van der Waals surface area contributed by atoms with Crippen LogP contribution in [0, 0.1) is 13.8 Å². The topological polar surface area (TPSA) is 74.8 Å². The zero-order valence-corrected chi connectivity index (χ0v) is 13.5. The first-order chi connectivity index (χ1) is 10.5. The smallest absolute Gasteiger partial charge is 0.257 e. The minimum atomic E-state index is -0.254. The van der Waals surface area contributed by atoms with E-state index in [0.717, 1.165) is 16.7 Å². The molecule has 2 aromatic rings. The van der Waals surface area contributed by atoms with Crippen LogP contribution in [0.5, 0.6) is 0 Å². The van der Waals surface area contributed by atoms with Crippen molar-refractivity contribution in [2.75, 3.05) is 11.6 Å². The number of nitrogens with one attached hydrogen (secondary N) is 2. The quantitative estimate of drug-likeness (QED) is 0.660. The van der Waals surface area contributed by atoms with Crippen molar-refractivity contribution in [1.82, 2.24) is 9.97 Å². The Morgan fingerprint density at radius 3 is 2.77 bits per heavy atom. The lowest BCUT2D eigenvalue weighted by Crippen LogP contribution is -2.31. The molecule has 0 saturated heterocycles. The van der Waals surface area contributed by atoms with Gasteiger partial charge in [-0.1, -0.05) is 35.5 Å². The van der Waals surface area contributed by atoms with E-state index in [-0.39, 0.29) is 23.8 Å². The highest BCUT2D eigenvalue weighted by atomic mass is 32.2. The number of H-pyrrole nitrogens is 1. The van der Waals surface area contributed by atoms with E-state index < -0.39 is 0 Å². The van der Waals surface area contributed by atoms with Gasteiger partial charge in [0.2, 0.25) is 5.91 Å². The number of anilines is 1. The van der Waals surface area contributed by atoms with Gasteiger partial charge in [-0.2, -0.15) is 0 Å². The lowest BCUT2D eigenvalue weighted by Gasteiger charge is -2.25. The van der Waals surface area contributed by atoms with Gasteiger partial charge >= 0.3 is 0 Å². The predicted octanol–water partition coefficient (Wildman–Crippen LogP) is 2.58. The third-order valence-corrected chi connectivity index (χ3v) is 4.51. The highest BCUT2D eigenvalue weighted by Gasteiger charge is 2.31. The zero-order chi connectivity index (χ0) is 15.9. The Hall–Kier alpha value is -2.08. The van der Waals surface area contributed by atoms with Crippen molar-refractivity contribution in [2.24, 2.45) is 0 Å². The number of thioether (sulfide) groups is 1. The summed E-state index contributed by atoms with van der Waals surface area (Å²) in [4.78, 5) is 31.6. The summed E-state index contributed by atoms with van der Waals surface area (Å²) in [7, 11) is 0. The fraction of sp³-hybridized carbons (Fsp3) is 0.312. The third kappa shape index (κ3) is 2.54. The molecule has 1 aliphatic heterocycles. The van der Waals surface area contributed by atoms with Crippen LogP contribution in [0.15, 0.2) is 28.2 Å². The van der Waals surface area contributed by atoms with Gasteiger partial charge in [-0.25, -0.2) is 4.98 Å². The molecule has 1 aliphatic rings. The molecule has 22 heavy (non-hydrogen) atoms. The zero-order valence-electron chi connectivity index (χ0n) is 12.7. The monoisotopic (exact) mass is 315 g/mol. The summed E-state index contributed by atoms with van der Waals surface area (Å²) >= 11 is 1.34. The van der Waals surface area contributed by atoms with Crippen LogP contribution in [0.4, 0.5) is 5.82 Å². The van der Waals surface area contributed by atoms with E-state index in [9.17, 15) is 9.59 Å². The fourth-order valence-corrected chi connectivity index (χ4v) is 3.23. The van der Waals surface area contributed by atoms with Crippen molar-refractivity contribution in [2.45, 2.75) is 31.3 Å². The molecule has 0 bridgehead atoms. The summed E-state index contributed by atoms with van der Waals surface area (Å²) in [6.07, 6.45) is 2.10. The van der Waals surface area contributed by atoms with Gasteiger partial charge in [-0.05, 0) is 31.2 Å². The van der Waals surface area contributed by atoms with Crippen molar-refractivity contribution < 1.29 is 4.79 Å². The SMILES string of the molecule is CSc1nc2c(c(=O)[nH]1)[C@H](c1cc(C)ccc1C)CC(=O)N2. The van der Waals surface area contributed by atoms with E-state index in [2.05, 4.69) is 15.3 Å². The van der Waals surface area contributed by atoms with Gasteiger partial charge in [0.15, 0.2) is 5.16 Å². The average Bonchev–Trinajstić information content (AvgIpc) is 2.48. The number of hydrogen-bond donors (Lipinski definition) is 2. The summed E-state index contributed by atoms with van der Waals surface area (Å²) in [5.41, 5.74) is 3.56. The number of carbonyl (C=O) groups excluding carboxylic acids is 1. The van der Waals surface area contributed by atoms with Crippen LogP contribution < -0.4 is 10.9 Å². The maximum absolute atomic E-state index is 12.5. The molecule has 0 unspecified atom stereocenters. The van der Waals surface area contributed by atoms with E-state index in [1.54, 1.807) is 0 Å². The van der Waals surface area contributed by atoms with Crippen LogP contribution >= 0.6 is 11.8 Å². The molecule has 1 amide bonds. The second-order valence-electron chi connectivity index (χ2n) is 5.50. The Bertz CT molecular complexity index is 814. The first-order valence-corrected chi connectivity index (χ1v) is 8.27. The van der Waals surface area contributed by atoms with Crippen LogP contribution in [0.2, 0.25) is 0 Å². The molecule has 3 rings (SSSR count). The van der Waals surface area contributed by atoms with Crippen molar-refractivity contribution in [1.29, 1.82) is 0 Å². The number of aromatic amines is 1. The van der Waals surface area contributed by atoms with E-state index in [4.69, 9.17) is 0 Å². The highest BCUT2D eigenvalue weighted by Crippen LogP contribution is 2.36. The van der Waals surface area contributed by atoms with E-state index in [0.29, 0.717) is 16.5 Å². The molecule has 2 heterocycles. The number of aromatic nitrogens is 2. The van der Waals surface area contributed by atoms with Gasteiger partial charge in [-0.3, -0.25) is 9.59 Å². The number of benzene rings is 1. The number of hydrogen-bond acceptors (Lipinski definition) is 4. The first kappa shape index (κ1) is 14.8. The highest BCUT2D eigenvalue weighted by molar-refractivity contribution is 7.98. The van der Waals surface area contributed by atoms with E-state index in [1.165, 1.54) is 11.8 Å². The maximum atomic E-state index is 12.5. The first-order valence-electron chi connectivity index (χ1n) is 7.05. The molecule has 0 aliphatic carbocycles. The summed E-state index contributed by atoms with van der Waals surface area (Å²) in [5, 5.41) is 3.23. The molecule has 0 saturated carbocycles. The van der Waals surface area contributed by atoms with Crippen molar-refractivity contribution in [3.05, 3.63) is 50.8 Å². The molecular weight excluding hydrogens is 298 g/mol. The van der Waals surface area contributed by atoms with Gasteiger partial charge < -0.3 is 10.3 Å². The van der Waals surface area contributed by atoms with Crippen LogP contribution in [0.3, 0.4) is 0 Å². The van der Waals surface area contributed by atoms with Gasteiger partial charge in [0.1, 0.15) is 5.82 Å². The molecule has 2 N–H and O–H groups in total. The number of nitrogens with zero attached hydrogens (tertiary/aromatic N) is 1. The fourth-order valence-electron chi connectivity index (χ4n) is 2.85. The number of fused-ring (bicyclic) bond motifs is 1. The van der Waals surface area contributed by atoms with Crippen molar-refractivity contribution in [3.8, 4) is 0 Å². The van der Waals surface area contributed by atoms with Gasteiger partial charge in [0.05, 0.1) is 5.56 Å². The van der Waals surface area contributed by atoms with Crippen molar-refractivity contribution >= 4 is 23.5 Å². The van der Waals surface area contributed by atoms with Gasteiger partial charge in [-0.15, -0.1) is 0 Å². The van der Waals surface area contributed by atoms with Crippen LogP contribution in [0.1, 0.15) is 34.6 Å². The molecule has 1 aromatic carbocycles. The largest absolute Gasteiger partial charge is 0.310 e. The Balaban J connectivity index is 2.22. The second-order valence-corrected chi connectivity index (χ2v) is 6.30. The molecule has 6 heteroatoms. The second kappa shape index (κ2) is 5.61. The number of aryl methyl sites for hydroxylation is 2. The molecule has 0 spiro atoms. The summed E-state index contributed by atoms with van der Waals surface area (Å²) < 4.78 is 0. The standard InChI is InChI=1S/C16H17N3O2S/c1-8-4-5-9(2)10(6-8)11-7-12(20)17-14-13(11)15(21)19-16(18-14)22-3/h4-6,11H,7H2,1-3H3,(H2,17,18,19,20,21)/t11-/m0/s1. The lowest BCUT2D eigenvalue weighted by atomic mass is 9.84. The Morgan fingerprint density at radius 2 is 2.05 bits per heavy atom. The normalized spacial score (nSPS) is 17.0. The average molecular weight is 315 g/mol. The number of rotatable bonds is 2. The predicted molar refractivity (Wildman–Crippen MR) is 87.6 cm³/mol. The molecule has 0 fully saturated rings. The molecule has 114 valence electrons. The molecular formula is C16H17N3O2S. The molecule has 1 aromatic heterocycles. The third-order valence-electron chi connectivity index (χ3n) is 3.93. The lowest BCUT2D eigenvalue weighted by molar-refractivity contribution is -0.116. The minimum absolute atomic E-state index is 0.108. The minimum Gasteiger partial charge on any atom is -0.310 e. The Kier molecular flexibility index (Phi) is 3.78. The van der Waals surface area contributed by atoms with Crippen LogP contribution in [-0.4, -0.2) is 22.1 Å². The van der Waals surface area contributed by atoms with Crippen molar-refractivity contribution in [3.63, 3.8) is 0 Å². The Labute approximate surface area is 132 Å². The Morgan fingerprint density at radius 1 is 1.27 bits per heavy atom. The number of carbonyl (C=O) groups is 1. The maximum Gasteiger partial charge on any atom is 0.257 e. The van der Waals surface area contributed by atoms with E-state index in [1.807, 2.05) is 38.3 Å². The van der Waals surface area contributed by atoms with Gasteiger partial charge in [0, 0.05) is 12.3 Å². The number of amides is 1. The van der Waals surface area contributed by atoms with Crippen LogP contribution in [-0.2, 0) is 4.79 Å². The molecule has 0 radical (unpaired) electrons. The van der Waals surface area contributed by atoms with Gasteiger partial charge in [0.25, 0.3) is 5.56 Å².